The smallest absolute Gasteiger partial charge is 0.231 e. The summed E-state index contributed by atoms with van der Waals surface area (Å²) in [6.07, 6.45) is 15.2. The molecule has 8 aromatic rings. The second kappa shape index (κ2) is 37.4. The van der Waals surface area contributed by atoms with Gasteiger partial charge in [-0.15, -0.1) is 0 Å². The number of aromatic nitrogens is 3. The standard InChI is InChI=1S/3C13H18N2O.C13H12N2O.C13H10N2.C5H4ClN/c4*14-13(16)12(10-6-2-1-3-7-10)11-8-4-5-9-15-11;14-10-12(11-6-2-1-3-7-11)13-8-4-5-9-15-13;6-5-3-1-2-4-7-5/h3*1-3,6-7,11-12,15H,4-5,8-9H2,(H2,14,16);1-9,12H,(H2,14,16);1-9,12H;1-4H. The maximum atomic E-state index is 11.6. The second-order valence-electron chi connectivity index (χ2n) is 20.9. The second-order valence-corrected chi connectivity index (χ2v) is 21.3. The van der Waals surface area contributed by atoms with Crippen LogP contribution in [0.2, 0.25) is 5.15 Å². The maximum absolute atomic E-state index is 11.6. The van der Waals surface area contributed by atoms with Crippen LogP contribution in [0.25, 0.3) is 0 Å². The Labute approximate surface area is 511 Å². The Morgan fingerprint density at radius 3 is 0.965 bits per heavy atom. The first kappa shape index (κ1) is 66.2. The zero-order valence-electron chi connectivity index (χ0n) is 48.6. The van der Waals surface area contributed by atoms with E-state index in [-0.39, 0.29) is 65.4 Å². The number of carbonyl (C=O) groups is 4. The van der Waals surface area contributed by atoms with Crippen LogP contribution in [0.15, 0.2) is 225 Å². The Bertz CT molecular complexity index is 2960. The number of nitrogens with two attached hydrogens (primary N) is 4. The minimum absolute atomic E-state index is 0.193. The summed E-state index contributed by atoms with van der Waals surface area (Å²) in [5.74, 6) is -2.40. The van der Waals surface area contributed by atoms with Crippen LogP contribution in [0.4, 0.5) is 0 Å². The van der Waals surface area contributed by atoms with Crippen molar-refractivity contribution in [3.63, 3.8) is 0 Å². The molecule has 0 spiro atoms. The molecule has 3 aliphatic rings. The van der Waals surface area contributed by atoms with Crippen molar-refractivity contribution in [3.8, 4) is 6.07 Å². The van der Waals surface area contributed by atoms with Gasteiger partial charge < -0.3 is 38.9 Å². The summed E-state index contributed by atoms with van der Waals surface area (Å²) in [5.41, 5.74) is 28.4. The fourth-order valence-corrected chi connectivity index (χ4v) is 10.9. The molecule has 446 valence electrons. The van der Waals surface area contributed by atoms with Crippen molar-refractivity contribution < 1.29 is 19.2 Å². The van der Waals surface area contributed by atoms with Crippen molar-refractivity contribution in [2.75, 3.05) is 19.6 Å². The van der Waals surface area contributed by atoms with Crippen LogP contribution in [0, 0.1) is 11.3 Å². The van der Waals surface area contributed by atoms with Crippen LogP contribution >= 0.6 is 11.6 Å². The molecule has 11 rings (SSSR count). The summed E-state index contributed by atoms with van der Waals surface area (Å²) < 4.78 is 0. The predicted molar refractivity (Wildman–Crippen MR) is 341 cm³/mol. The van der Waals surface area contributed by atoms with Crippen molar-refractivity contribution in [2.45, 2.75) is 106 Å². The molecule has 6 heterocycles. The topological polar surface area (TPSA) is 271 Å². The minimum atomic E-state index is -0.470. The summed E-state index contributed by atoms with van der Waals surface area (Å²) in [6, 6.07) is 68.0. The molecule has 15 nitrogen and oxygen atoms in total. The predicted octanol–water partition coefficient (Wildman–Crippen LogP) is 10.4. The third kappa shape index (κ3) is 21.9. The Balaban J connectivity index is 0.000000167. The van der Waals surface area contributed by atoms with E-state index in [1.165, 1.54) is 38.5 Å². The number of primary amides is 4. The highest BCUT2D eigenvalue weighted by atomic mass is 35.5. The highest BCUT2D eigenvalue weighted by molar-refractivity contribution is 6.29. The van der Waals surface area contributed by atoms with E-state index in [1.807, 2.05) is 200 Å². The van der Waals surface area contributed by atoms with Crippen molar-refractivity contribution >= 4 is 35.2 Å². The van der Waals surface area contributed by atoms with Gasteiger partial charge >= 0.3 is 0 Å². The molecule has 3 aromatic heterocycles. The molecule has 5 aromatic carbocycles. The van der Waals surface area contributed by atoms with Crippen LogP contribution < -0.4 is 38.9 Å². The highest BCUT2D eigenvalue weighted by Crippen LogP contribution is 2.28. The highest BCUT2D eigenvalue weighted by Gasteiger charge is 2.31. The van der Waals surface area contributed by atoms with Crippen molar-refractivity contribution in [3.05, 3.63) is 269 Å². The molecule has 3 saturated heterocycles. The summed E-state index contributed by atoms with van der Waals surface area (Å²) >= 11 is 5.43. The molecule has 0 saturated carbocycles. The van der Waals surface area contributed by atoms with Gasteiger partial charge in [-0.2, -0.15) is 5.26 Å². The lowest BCUT2D eigenvalue weighted by atomic mass is 9.86. The van der Waals surface area contributed by atoms with Gasteiger partial charge in [0.1, 0.15) is 17.0 Å². The zero-order chi connectivity index (χ0) is 61.1. The van der Waals surface area contributed by atoms with Gasteiger partial charge in [-0.25, -0.2) is 4.98 Å². The average Bonchev–Trinajstić information content (AvgIpc) is 3.73. The van der Waals surface area contributed by atoms with E-state index in [9.17, 15) is 19.2 Å². The molecule has 8 atom stereocenters. The monoisotopic (exact) mass is 1170 g/mol. The minimum Gasteiger partial charge on any atom is -0.369 e. The normalized spacial score (nSPS) is 17.6. The lowest BCUT2D eigenvalue weighted by molar-refractivity contribution is -0.121. The van der Waals surface area contributed by atoms with Gasteiger partial charge in [0.25, 0.3) is 0 Å². The fraction of sp³-hybridized carbons (Fsp3) is 0.286. The van der Waals surface area contributed by atoms with Gasteiger partial charge in [0.15, 0.2) is 0 Å². The molecule has 3 fully saturated rings. The first-order chi connectivity index (χ1) is 42.0. The SMILES string of the molecule is Clc1ccccn1.N#CC(c1ccccc1)c1ccccn1.NC(=O)C(c1ccccc1)C1CCCCN1.NC(=O)C(c1ccccc1)C1CCCCN1.NC(=O)C(c1ccccc1)C1CCCCN1.NC(=O)C(c1ccccc1)c1ccccn1. The number of nitrogens with zero attached hydrogens (tertiary/aromatic N) is 4. The number of nitrogens with one attached hydrogen (secondary N) is 3. The number of piperidine rings is 3. The summed E-state index contributed by atoms with van der Waals surface area (Å²) in [7, 11) is 0. The van der Waals surface area contributed by atoms with Crippen LogP contribution in [0.5, 0.6) is 0 Å². The molecular weight excluding hydrogens is 1090 g/mol. The summed E-state index contributed by atoms with van der Waals surface area (Å²) in [6.45, 7) is 2.96. The molecule has 16 heteroatoms. The van der Waals surface area contributed by atoms with E-state index in [0.717, 1.165) is 72.4 Å². The van der Waals surface area contributed by atoms with Crippen molar-refractivity contribution in [1.82, 2.24) is 30.9 Å². The van der Waals surface area contributed by atoms with E-state index >= 15 is 0 Å². The number of benzene rings is 5. The Hall–Kier alpha value is -8.91. The van der Waals surface area contributed by atoms with Crippen molar-refractivity contribution in [1.29, 1.82) is 5.26 Å². The number of hydrogen-bond donors (Lipinski definition) is 7. The van der Waals surface area contributed by atoms with Crippen LogP contribution in [0.1, 0.15) is 127 Å². The van der Waals surface area contributed by atoms with Gasteiger partial charge in [-0.3, -0.25) is 29.1 Å². The molecule has 3 aliphatic heterocycles. The van der Waals surface area contributed by atoms with Gasteiger partial charge in [-0.05, 0) is 122 Å². The molecule has 4 amide bonds. The average molecular weight is 1170 g/mol. The van der Waals surface area contributed by atoms with E-state index in [2.05, 4.69) is 37.0 Å². The maximum Gasteiger partial charge on any atom is 0.231 e. The van der Waals surface area contributed by atoms with Gasteiger partial charge in [-0.1, -0.05) is 201 Å². The van der Waals surface area contributed by atoms with E-state index < -0.39 is 5.92 Å². The van der Waals surface area contributed by atoms with Crippen molar-refractivity contribution in [2.24, 2.45) is 22.9 Å². The summed E-state index contributed by atoms with van der Waals surface area (Å²) in [4.78, 5) is 58.4. The quantitative estimate of drug-likeness (QED) is 0.0503. The first-order valence-electron chi connectivity index (χ1n) is 29.4. The third-order valence-electron chi connectivity index (χ3n) is 14.9. The largest absolute Gasteiger partial charge is 0.369 e. The van der Waals surface area contributed by atoms with E-state index in [0.29, 0.717) is 10.8 Å². The molecule has 0 radical (unpaired) electrons. The molecule has 0 bridgehead atoms. The van der Waals surface area contributed by atoms with E-state index in [1.54, 1.807) is 24.7 Å². The number of pyridine rings is 3. The lowest BCUT2D eigenvalue weighted by Crippen LogP contribution is -2.43. The summed E-state index contributed by atoms with van der Waals surface area (Å²) in [5, 5.41) is 19.9. The number of carbonyl (C=O) groups excluding carboxylic acids is 4. The first-order valence-corrected chi connectivity index (χ1v) is 29.7. The number of hydrogen-bond acceptors (Lipinski definition) is 11. The molecular formula is C70H80ClN11O4. The Morgan fingerprint density at radius 2 is 0.709 bits per heavy atom. The van der Waals surface area contributed by atoms with Gasteiger partial charge in [0, 0.05) is 36.7 Å². The Kier molecular flexibility index (Phi) is 28.8. The Morgan fingerprint density at radius 1 is 0.395 bits per heavy atom. The molecule has 86 heavy (non-hydrogen) atoms. The number of nitriles is 1. The number of amides is 4. The van der Waals surface area contributed by atoms with Crippen LogP contribution in [0.3, 0.4) is 0 Å². The van der Waals surface area contributed by atoms with Crippen LogP contribution in [-0.2, 0) is 19.2 Å². The fourth-order valence-electron chi connectivity index (χ4n) is 10.8. The van der Waals surface area contributed by atoms with E-state index in [4.69, 9.17) is 39.8 Å². The van der Waals surface area contributed by atoms with Crippen LogP contribution in [-0.4, -0.2) is 76.3 Å². The molecule has 11 N–H and O–H groups in total. The number of rotatable bonds is 14. The molecule has 8 unspecified atom stereocenters. The number of halogens is 1. The third-order valence-corrected chi connectivity index (χ3v) is 15.1. The van der Waals surface area contributed by atoms with Gasteiger partial charge in [0.05, 0.1) is 35.2 Å². The van der Waals surface area contributed by atoms with Gasteiger partial charge in [0.2, 0.25) is 23.6 Å². The molecule has 0 aliphatic carbocycles. The zero-order valence-corrected chi connectivity index (χ0v) is 49.3. The lowest BCUT2D eigenvalue weighted by Gasteiger charge is -2.29.